The molecule has 0 amide bonds. The van der Waals surface area contributed by atoms with Crippen LogP contribution in [0.2, 0.25) is 0 Å². The van der Waals surface area contributed by atoms with Crippen molar-refractivity contribution in [3.05, 3.63) is 34.9 Å². The Morgan fingerprint density at radius 3 is 2.76 bits per heavy atom. The largest absolute Gasteiger partial charge is 0.461 e. The number of nitrogens with zero attached hydrogens (tertiary/aromatic N) is 1. The van der Waals surface area contributed by atoms with E-state index in [0.717, 1.165) is 11.1 Å². The van der Waals surface area contributed by atoms with Gasteiger partial charge in [0.05, 0.1) is 12.0 Å². The van der Waals surface area contributed by atoms with Crippen LogP contribution in [0.4, 0.5) is 0 Å². The van der Waals surface area contributed by atoms with Gasteiger partial charge in [0.25, 0.3) is 0 Å². The molecule has 1 aromatic carbocycles. The molecule has 0 saturated heterocycles. The van der Waals surface area contributed by atoms with Crippen LogP contribution in [0.15, 0.2) is 18.2 Å². The highest BCUT2D eigenvalue weighted by Crippen LogP contribution is 2.13. The van der Waals surface area contributed by atoms with Gasteiger partial charge in [-0.25, -0.2) is 0 Å². The van der Waals surface area contributed by atoms with Crippen molar-refractivity contribution < 1.29 is 9.53 Å². The van der Waals surface area contributed by atoms with Crippen LogP contribution in [0.25, 0.3) is 0 Å². The second kappa shape index (κ2) is 6.05. The molecule has 3 heteroatoms. The molecule has 0 saturated carbocycles. The summed E-state index contributed by atoms with van der Waals surface area (Å²) in [6, 6.07) is 7.98. The van der Waals surface area contributed by atoms with Crippen molar-refractivity contribution in [2.75, 3.05) is 0 Å². The van der Waals surface area contributed by atoms with Crippen LogP contribution in [0.3, 0.4) is 0 Å². The van der Waals surface area contributed by atoms with E-state index in [1.54, 1.807) is 6.92 Å². The monoisotopic (exact) mass is 231 g/mol. The van der Waals surface area contributed by atoms with Crippen LogP contribution >= 0.6 is 0 Å². The Kier molecular flexibility index (Phi) is 4.71. The van der Waals surface area contributed by atoms with E-state index in [2.05, 4.69) is 6.07 Å². The van der Waals surface area contributed by atoms with Crippen LogP contribution in [0.5, 0.6) is 0 Å². The molecule has 0 aliphatic rings. The van der Waals surface area contributed by atoms with Gasteiger partial charge in [0.2, 0.25) is 0 Å². The van der Waals surface area contributed by atoms with E-state index < -0.39 is 0 Å². The zero-order chi connectivity index (χ0) is 12.8. The molecule has 0 bridgehead atoms. The maximum absolute atomic E-state index is 11.5. The molecule has 0 fully saturated rings. The number of aryl methyl sites for hydroxylation is 2. The molecule has 1 unspecified atom stereocenters. The first kappa shape index (κ1) is 13.2. The molecular weight excluding hydrogens is 214 g/mol. The minimum Gasteiger partial charge on any atom is -0.461 e. The topological polar surface area (TPSA) is 50.1 Å². The molecular formula is C14H17NO2. The lowest BCUT2D eigenvalue weighted by molar-refractivity contribution is -0.149. The van der Waals surface area contributed by atoms with Crippen molar-refractivity contribution in [3.63, 3.8) is 0 Å². The lowest BCUT2D eigenvalue weighted by atomic mass is 10.1. The van der Waals surface area contributed by atoms with Gasteiger partial charge in [-0.05, 0) is 25.0 Å². The number of hydrogen-bond acceptors (Lipinski definition) is 3. The summed E-state index contributed by atoms with van der Waals surface area (Å²) in [5, 5.41) is 8.49. The molecule has 0 aliphatic heterocycles. The van der Waals surface area contributed by atoms with Gasteiger partial charge >= 0.3 is 5.97 Å². The van der Waals surface area contributed by atoms with Gasteiger partial charge in [-0.2, -0.15) is 5.26 Å². The molecule has 1 rings (SSSR count). The van der Waals surface area contributed by atoms with E-state index in [0.29, 0.717) is 0 Å². The van der Waals surface area contributed by atoms with Crippen LogP contribution < -0.4 is 0 Å². The first-order valence-electron chi connectivity index (χ1n) is 5.64. The van der Waals surface area contributed by atoms with Crippen molar-refractivity contribution in [3.8, 4) is 6.07 Å². The molecule has 1 aromatic rings. The van der Waals surface area contributed by atoms with Gasteiger partial charge in [0.1, 0.15) is 6.61 Å². The van der Waals surface area contributed by atoms with Crippen LogP contribution in [0, 0.1) is 31.1 Å². The number of carbonyl (C=O) groups is 1. The summed E-state index contributed by atoms with van der Waals surface area (Å²) in [7, 11) is 0. The standard InChI is InChI=1S/C14H17NO2/c1-10-4-5-13(12(3)8-10)9-17-14(16)11(2)6-7-15/h4-5,8,11H,6,9H2,1-3H3. The Morgan fingerprint density at radius 1 is 1.47 bits per heavy atom. The molecule has 3 nitrogen and oxygen atoms in total. The number of benzene rings is 1. The molecule has 1 atom stereocenters. The van der Waals surface area contributed by atoms with Crippen molar-refractivity contribution >= 4 is 5.97 Å². The lowest BCUT2D eigenvalue weighted by Crippen LogP contribution is -2.14. The third kappa shape index (κ3) is 3.92. The number of esters is 1. The van der Waals surface area contributed by atoms with Gasteiger partial charge in [-0.15, -0.1) is 0 Å². The Hall–Kier alpha value is -1.82. The molecule has 17 heavy (non-hydrogen) atoms. The molecule has 90 valence electrons. The molecule has 0 spiro atoms. The molecule has 0 aromatic heterocycles. The van der Waals surface area contributed by atoms with E-state index in [1.165, 1.54) is 5.56 Å². The summed E-state index contributed by atoms with van der Waals surface area (Å²) in [5.74, 6) is -0.669. The van der Waals surface area contributed by atoms with Crippen LogP contribution in [-0.4, -0.2) is 5.97 Å². The van der Waals surface area contributed by atoms with Gasteiger partial charge in [-0.1, -0.05) is 30.7 Å². The highest BCUT2D eigenvalue weighted by Gasteiger charge is 2.14. The third-order valence-corrected chi connectivity index (χ3v) is 2.67. The third-order valence-electron chi connectivity index (χ3n) is 2.67. The highest BCUT2D eigenvalue weighted by molar-refractivity contribution is 5.72. The number of nitriles is 1. The molecule has 0 heterocycles. The quantitative estimate of drug-likeness (QED) is 0.749. The van der Waals surface area contributed by atoms with Gasteiger partial charge in [0, 0.05) is 6.42 Å². The summed E-state index contributed by atoms with van der Waals surface area (Å²) in [6.45, 7) is 6.00. The van der Waals surface area contributed by atoms with E-state index in [9.17, 15) is 4.79 Å². The normalized spacial score (nSPS) is 11.6. The first-order chi connectivity index (χ1) is 8.04. The van der Waals surface area contributed by atoms with Crippen molar-refractivity contribution in [1.82, 2.24) is 0 Å². The number of carbonyl (C=O) groups excluding carboxylic acids is 1. The summed E-state index contributed by atoms with van der Waals surface area (Å²) in [5.41, 5.74) is 3.31. The number of rotatable bonds is 4. The van der Waals surface area contributed by atoms with Gasteiger partial charge < -0.3 is 4.74 Å². The Labute approximate surface area is 102 Å². The highest BCUT2D eigenvalue weighted by atomic mass is 16.5. The zero-order valence-electron chi connectivity index (χ0n) is 10.5. The van der Waals surface area contributed by atoms with Crippen molar-refractivity contribution in [2.24, 2.45) is 5.92 Å². The van der Waals surface area contributed by atoms with Crippen molar-refractivity contribution in [1.29, 1.82) is 5.26 Å². The maximum Gasteiger partial charge on any atom is 0.310 e. The van der Waals surface area contributed by atoms with Gasteiger partial charge in [0.15, 0.2) is 0 Å². The number of hydrogen-bond donors (Lipinski definition) is 0. The average Bonchev–Trinajstić information content (AvgIpc) is 2.27. The van der Waals surface area contributed by atoms with E-state index in [-0.39, 0.29) is 24.9 Å². The number of ether oxygens (including phenoxy) is 1. The summed E-state index contributed by atoms with van der Waals surface area (Å²) < 4.78 is 5.17. The van der Waals surface area contributed by atoms with Gasteiger partial charge in [-0.3, -0.25) is 4.79 Å². The fourth-order valence-corrected chi connectivity index (χ4v) is 1.52. The Bertz CT molecular complexity index is 446. The zero-order valence-corrected chi connectivity index (χ0v) is 10.5. The van der Waals surface area contributed by atoms with E-state index >= 15 is 0 Å². The molecule has 0 aliphatic carbocycles. The minimum atomic E-state index is -0.356. The van der Waals surface area contributed by atoms with E-state index in [1.807, 2.05) is 32.0 Å². The van der Waals surface area contributed by atoms with Crippen LogP contribution in [0.1, 0.15) is 30.0 Å². The summed E-state index contributed by atoms with van der Waals surface area (Å²) in [6.07, 6.45) is 0.200. The predicted molar refractivity (Wildman–Crippen MR) is 65.1 cm³/mol. The fraction of sp³-hybridized carbons (Fsp3) is 0.429. The fourth-order valence-electron chi connectivity index (χ4n) is 1.52. The predicted octanol–water partition coefficient (Wildman–Crippen LogP) is 2.90. The first-order valence-corrected chi connectivity index (χ1v) is 5.64. The second-order valence-electron chi connectivity index (χ2n) is 4.30. The van der Waals surface area contributed by atoms with E-state index in [4.69, 9.17) is 10.00 Å². The SMILES string of the molecule is Cc1ccc(COC(=O)C(C)CC#N)c(C)c1. The smallest absolute Gasteiger partial charge is 0.310 e. The summed E-state index contributed by atoms with van der Waals surface area (Å²) >= 11 is 0. The minimum absolute atomic E-state index is 0.200. The second-order valence-corrected chi connectivity index (χ2v) is 4.30. The van der Waals surface area contributed by atoms with Crippen LogP contribution in [-0.2, 0) is 16.1 Å². The molecule has 0 radical (unpaired) electrons. The lowest BCUT2D eigenvalue weighted by Gasteiger charge is -2.10. The maximum atomic E-state index is 11.5. The summed E-state index contributed by atoms with van der Waals surface area (Å²) in [4.78, 5) is 11.5. The molecule has 0 N–H and O–H groups in total. The average molecular weight is 231 g/mol. The Balaban J connectivity index is 2.56. The Morgan fingerprint density at radius 2 is 2.18 bits per heavy atom. The van der Waals surface area contributed by atoms with Crippen molar-refractivity contribution in [2.45, 2.75) is 33.8 Å².